The van der Waals surface area contributed by atoms with Crippen LogP contribution in [0.15, 0.2) is 98.7 Å². The number of benzene rings is 3. The van der Waals surface area contributed by atoms with Crippen LogP contribution in [0, 0.1) is 0 Å². The molecule has 5 nitrogen and oxygen atoms in total. The molecule has 1 fully saturated rings. The van der Waals surface area contributed by atoms with Crippen molar-refractivity contribution < 1.29 is 9.53 Å². The van der Waals surface area contributed by atoms with Crippen LogP contribution in [0.3, 0.4) is 0 Å². The zero-order valence-electron chi connectivity index (χ0n) is 18.4. The second-order valence-corrected chi connectivity index (χ2v) is 9.53. The van der Waals surface area contributed by atoms with Crippen molar-refractivity contribution in [2.24, 2.45) is 4.99 Å². The predicted molar refractivity (Wildman–Crippen MR) is 137 cm³/mol. The van der Waals surface area contributed by atoms with E-state index in [0.717, 1.165) is 39.2 Å². The minimum Gasteiger partial charge on any atom is -0.497 e. The molecule has 166 valence electrons. The van der Waals surface area contributed by atoms with Gasteiger partial charge in [-0.1, -0.05) is 54.2 Å². The molecule has 0 radical (unpaired) electrons. The van der Waals surface area contributed by atoms with Gasteiger partial charge in [0.05, 0.1) is 25.0 Å². The van der Waals surface area contributed by atoms with E-state index in [1.807, 2.05) is 66.7 Å². The highest BCUT2D eigenvalue weighted by molar-refractivity contribution is 8.19. The Balaban J connectivity index is 1.55. The quantitative estimate of drug-likeness (QED) is 0.409. The zero-order chi connectivity index (χ0) is 22.8. The first-order valence-corrected chi connectivity index (χ1v) is 12.4. The largest absolute Gasteiger partial charge is 0.497 e. The molecule has 0 unspecified atom stereocenters. The highest BCUT2D eigenvalue weighted by atomic mass is 32.2. The third-order valence-corrected chi connectivity index (χ3v) is 7.84. The maximum absolute atomic E-state index is 13.7. The number of para-hydroxylation sites is 1. The number of carbonyl (C=O) groups is 1. The summed E-state index contributed by atoms with van der Waals surface area (Å²) in [6.07, 6.45) is 0. The molecule has 0 spiro atoms. The number of ether oxygens (including phenoxy) is 1. The number of aliphatic imine (C=N–C) groups is 1. The van der Waals surface area contributed by atoms with Crippen LogP contribution in [-0.2, 0) is 11.3 Å². The van der Waals surface area contributed by atoms with Gasteiger partial charge in [-0.2, -0.15) is 0 Å². The molecule has 2 aliphatic rings. The zero-order valence-corrected chi connectivity index (χ0v) is 20.0. The van der Waals surface area contributed by atoms with Crippen molar-refractivity contribution >= 4 is 46.0 Å². The third-order valence-electron chi connectivity index (χ3n) is 5.46. The van der Waals surface area contributed by atoms with Crippen molar-refractivity contribution in [3.63, 3.8) is 0 Å². The van der Waals surface area contributed by atoms with E-state index in [-0.39, 0.29) is 5.91 Å². The Morgan fingerprint density at radius 1 is 0.879 bits per heavy atom. The van der Waals surface area contributed by atoms with E-state index in [1.54, 1.807) is 23.8 Å². The molecule has 0 bridgehead atoms. The Hall–Kier alpha value is -3.16. The predicted octanol–water partition coefficient (Wildman–Crippen LogP) is 6.26. The number of anilines is 1. The molecule has 0 saturated carbocycles. The fraction of sp³-hybridized carbons (Fsp3) is 0.154. The standard InChI is InChI=1S/C26H23N3O2S2/c1-3-28-21-11-7-8-12-22(21)32-25(28)23-24(30)29(17-18-9-5-4-6-10-18)26(33-23)27-19-13-15-20(31-2)16-14-19/h4-16H,3,17H2,1-2H3/b25-23-,27-26?. The maximum Gasteiger partial charge on any atom is 0.269 e. The SMILES string of the molecule is CCN1/C(=C2/SC(=Nc3ccc(OC)cc3)N(Cc3ccccc3)C2=O)Sc2ccccc21. The van der Waals surface area contributed by atoms with Gasteiger partial charge in [0.15, 0.2) is 5.17 Å². The molecular weight excluding hydrogens is 450 g/mol. The summed E-state index contributed by atoms with van der Waals surface area (Å²) < 4.78 is 5.26. The van der Waals surface area contributed by atoms with Crippen molar-refractivity contribution in [1.29, 1.82) is 0 Å². The Morgan fingerprint density at radius 3 is 2.33 bits per heavy atom. The lowest BCUT2D eigenvalue weighted by Gasteiger charge is -2.19. The van der Waals surface area contributed by atoms with E-state index < -0.39 is 0 Å². The Morgan fingerprint density at radius 2 is 1.61 bits per heavy atom. The molecule has 33 heavy (non-hydrogen) atoms. The first-order valence-electron chi connectivity index (χ1n) is 10.7. The molecule has 7 heteroatoms. The summed E-state index contributed by atoms with van der Waals surface area (Å²) in [6.45, 7) is 3.38. The van der Waals surface area contributed by atoms with Crippen molar-refractivity contribution in [2.75, 3.05) is 18.6 Å². The molecule has 5 rings (SSSR count). The van der Waals surface area contributed by atoms with Crippen LogP contribution in [0.4, 0.5) is 11.4 Å². The van der Waals surface area contributed by atoms with Crippen molar-refractivity contribution in [3.05, 3.63) is 94.4 Å². The van der Waals surface area contributed by atoms with E-state index >= 15 is 0 Å². The second kappa shape index (κ2) is 9.37. The minimum absolute atomic E-state index is 0.00938. The molecule has 3 aromatic carbocycles. The number of amides is 1. The summed E-state index contributed by atoms with van der Waals surface area (Å²) in [4.78, 5) is 24.5. The molecule has 0 N–H and O–H groups in total. The fourth-order valence-corrected chi connectivity index (χ4v) is 6.20. The topological polar surface area (TPSA) is 45.1 Å². The first kappa shape index (κ1) is 21.7. The summed E-state index contributed by atoms with van der Waals surface area (Å²) in [5.41, 5.74) is 3.00. The maximum atomic E-state index is 13.7. The van der Waals surface area contributed by atoms with Crippen LogP contribution in [0.25, 0.3) is 0 Å². The van der Waals surface area contributed by atoms with Crippen LogP contribution in [0.2, 0.25) is 0 Å². The third kappa shape index (κ3) is 4.26. The number of rotatable bonds is 5. The molecule has 2 heterocycles. The molecule has 2 aliphatic heterocycles. The number of methoxy groups -OCH3 is 1. The van der Waals surface area contributed by atoms with E-state index in [0.29, 0.717) is 11.7 Å². The van der Waals surface area contributed by atoms with Gasteiger partial charge in [0.25, 0.3) is 5.91 Å². The average Bonchev–Trinajstić information content (AvgIpc) is 3.37. The molecule has 3 aromatic rings. The van der Waals surface area contributed by atoms with E-state index in [1.165, 1.54) is 16.7 Å². The molecule has 0 atom stereocenters. The van der Waals surface area contributed by atoms with Gasteiger partial charge in [-0.3, -0.25) is 9.69 Å². The normalized spacial score (nSPS) is 18.8. The van der Waals surface area contributed by atoms with Gasteiger partial charge >= 0.3 is 0 Å². The number of thioether (sulfide) groups is 2. The van der Waals surface area contributed by atoms with E-state index in [2.05, 4.69) is 24.0 Å². The number of fused-ring (bicyclic) bond motifs is 1. The van der Waals surface area contributed by atoms with E-state index in [4.69, 9.17) is 9.73 Å². The summed E-state index contributed by atoms with van der Waals surface area (Å²) >= 11 is 3.11. The van der Waals surface area contributed by atoms with Crippen LogP contribution in [0.1, 0.15) is 12.5 Å². The van der Waals surface area contributed by atoms with Crippen molar-refractivity contribution in [1.82, 2.24) is 4.90 Å². The first-order chi connectivity index (χ1) is 16.2. The van der Waals surface area contributed by atoms with Crippen molar-refractivity contribution in [3.8, 4) is 5.75 Å². The second-order valence-electron chi connectivity index (χ2n) is 7.52. The Labute approximate surface area is 202 Å². The lowest BCUT2D eigenvalue weighted by Crippen LogP contribution is -2.29. The summed E-state index contributed by atoms with van der Waals surface area (Å²) in [7, 11) is 1.64. The Kier molecular flexibility index (Phi) is 6.15. The lowest BCUT2D eigenvalue weighted by molar-refractivity contribution is -0.122. The van der Waals surface area contributed by atoms with Crippen LogP contribution in [0.5, 0.6) is 5.75 Å². The van der Waals surface area contributed by atoms with E-state index in [9.17, 15) is 4.79 Å². The van der Waals surface area contributed by atoms with Gasteiger partial charge in [-0.15, -0.1) is 0 Å². The highest BCUT2D eigenvalue weighted by Crippen LogP contribution is 2.50. The molecule has 0 aromatic heterocycles. The Bertz CT molecular complexity index is 1240. The van der Waals surface area contributed by atoms with Gasteiger partial charge in [0.2, 0.25) is 0 Å². The van der Waals surface area contributed by atoms with Gasteiger partial charge < -0.3 is 9.64 Å². The number of amidine groups is 1. The van der Waals surface area contributed by atoms with Crippen LogP contribution >= 0.6 is 23.5 Å². The van der Waals surface area contributed by atoms with Gasteiger partial charge in [-0.05, 0) is 60.6 Å². The summed E-state index contributed by atoms with van der Waals surface area (Å²) in [5, 5.41) is 1.66. The average molecular weight is 474 g/mol. The molecule has 0 aliphatic carbocycles. The number of hydrogen-bond donors (Lipinski definition) is 0. The molecule has 1 saturated heterocycles. The smallest absolute Gasteiger partial charge is 0.269 e. The van der Waals surface area contributed by atoms with Crippen LogP contribution < -0.4 is 9.64 Å². The van der Waals surface area contributed by atoms with Gasteiger partial charge in [0.1, 0.15) is 15.7 Å². The number of carbonyl (C=O) groups excluding carboxylic acids is 1. The number of nitrogens with zero attached hydrogens (tertiary/aromatic N) is 3. The van der Waals surface area contributed by atoms with Crippen LogP contribution in [-0.4, -0.2) is 29.6 Å². The minimum atomic E-state index is -0.00938. The summed E-state index contributed by atoms with van der Waals surface area (Å²) in [6, 6.07) is 25.9. The molecular formula is C26H23N3O2S2. The van der Waals surface area contributed by atoms with Crippen molar-refractivity contribution in [2.45, 2.75) is 18.4 Å². The summed E-state index contributed by atoms with van der Waals surface area (Å²) in [5.74, 6) is 0.765. The molecule has 1 amide bonds. The highest BCUT2D eigenvalue weighted by Gasteiger charge is 2.39. The van der Waals surface area contributed by atoms with Gasteiger partial charge in [-0.25, -0.2) is 4.99 Å². The fourth-order valence-electron chi connectivity index (χ4n) is 3.81. The lowest BCUT2D eigenvalue weighted by atomic mass is 10.2. The van der Waals surface area contributed by atoms with Gasteiger partial charge in [0, 0.05) is 11.4 Å². The number of hydrogen-bond acceptors (Lipinski definition) is 6. The monoisotopic (exact) mass is 473 g/mol.